The molecule has 0 aliphatic rings. The van der Waals surface area contributed by atoms with Crippen LogP contribution in [0.25, 0.3) is 0 Å². The highest BCUT2D eigenvalue weighted by molar-refractivity contribution is 7.86. The van der Waals surface area contributed by atoms with Crippen LogP contribution in [-0.2, 0) is 43.2 Å². The van der Waals surface area contributed by atoms with Gasteiger partial charge in [-0.15, -0.1) is 0 Å². The number of alkyl halides is 6. The molecule has 4 aromatic carbocycles. The van der Waals surface area contributed by atoms with Crippen molar-refractivity contribution in [3.63, 3.8) is 0 Å². The molecule has 0 aliphatic carbocycles. The second kappa shape index (κ2) is 17.1. The molecule has 0 aromatic heterocycles. The Balaban J connectivity index is 1.67. The van der Waals surface area contributed by atoms with Crippen LogP contribution in [0.1, 0.15) is 23.6 Å². The van der Waals surface area contributed by atoms with Gasteiger partial charge in [-0.1, -0.05) is 15.5 Å². The third-order valence-electron chi connectivity index (χ3n) is 6.46. The minimum Gasteiger partial charge on any atom is -0.457 e. The Morgan fingerprint density at radius 2 is 0.702 bits per heavy atom. The SMILES string of the molecule is C/C(=N/OS(C)(=O)=O)c1ccc(Oc2cc(Oc3ccc(/C(=N\OS(C)(=O)=O)C(F)(F)F)cc3)cc(Oc3ccc(/C(=N\OS(C)(=O)=O)C(F)(F)F)cc3)c2)cc1. The topological polar surface area (TPSA) is 195 Å². The molecule has 0 bridgehead atoms. The van der Waals surface area contributed by atoms with E-state index in [4.69, 9.17) is 14.2 Å². The van der Waals surface area contributed by atoms with Gasteiger partial charge in [-0.05, 0) is 85.3 Å². The maximum Gasteiger partial charge on any atom is 0.437 e. The van der Waals surface area contributed by atoms with Gasteiger partial charge in [0.15, 0.2) is 11.4 Å². The lowest BCUT2D eigenvalue weighted by molar-refractivity contribution is -0.0606. The summed E-state index contributed by atoms with van der Waals surface area (Å²) in [4.78, 5) is 0. The summed E-state index contributed by atoms with van der Waals surface area (Å²) in [7, 11) is -12.6. The Morgan fingerprint density at radius 1 is 0.439 bits per heavy atom. The zero-order chi connectivity index (χ0) is 42.4. The fourth-order valence-electron chi connectivity index (χ4n) is 4.18. The number of ether oxygens (including phenoxy) is 3. The average molecular weight is 868 g/mol. The molecule has 0 saturated heterocycles. The summed E-state index contributed by atoms with van der Waals surface area (Å²) >= 11 is 0. The largest absolute Gasteiger partial charge is 0.457 e. The fraction of sp³-hybridized carbons (Fsp3) is 0.182. The van der Waals surface area contributed by atoms with E-state index in [9.17, 15) is 51.6 Å². The lowest BCUT2D eigenvalue weighted by atomic mass is 10.1. The van der Waals surface area contributed by atoms with E-state index in [1.807, 2.05) is 0 Å². The van der Waals surface area contributed by atoms with Crippen LogP contribution >= 0.6 is 0 Å². The Morgan fingerprint density at radius 3 is 0.965 bits per heavy atom. The predicted molar refractivity (Wildman–Crippen MR) is 191 cm³/mol. The van der Waals surface area contributed by atoms with Crippen molar-refractivity contribution < 1.29 is 78.7 Å². The van der Waals surface area contributed by atoms with E-state index in [2.05, 4.69) is 28.3 Å². The van der Waals surface area contributed by atoms with Gasteiger partial charge in [0.05, 0.1) is 24.5 Å². The third-order valence-corrected chi connectivity index (χ3v) is 7.50. The smallest absolute Gasteiger partial charge is 0.437 e. The molecule has 0 heterocycles. The Bertz CT molecular complexity index is 2380. The van der Waals surface area contributed by atoms with Gasteiger partial charge in [0.2, 0.25) is 0 Å². The van der Waals surface area contributed by atoms with Gasteiger partial charge in [-0.25, -0.2) is 0 Å². The van der Waals surface area contributed by atoms with E-state index in [-0.39, 0.29) is 40.2 Å². The van der Waals surface area contributed by atoms with Crippen molar-refractivity contribution >= 4 is 47.5 Å². The van der Waals surface area contributed by atoms with Crippen LogP contribution in [0.4, 0.5) is 26.3 Å². The highest BCUT2D eigenvalue weighted by Gasteiger charge is 2.39. The minimum atomic E-state index is -5.11. The Hall–Kier alpha value is -5.88. The van der Waals surface area contributed by atoms with E-state index >= 15 is 0 Å². The molecule has 0 radical (unpaired) electrons. The molecule has 0 aliphatic heterocycles. The monoisotopic (exact) mass is 867 g/mol. The molecule has 0 spiro atoms. The first-order valence-corrected chi connectivity index (χ1v) is 20.7. The number of hydrogen-bond donors (Lipinski definition) is 0. The van der Waals surface area contributed by atoms with Crippen LogP contribution in [0.15, 0.2) is 106 Å². The van der Waals surface area contributed by atoms with Crippen molar-refractivity contribution in [3.05, 3.63) is 108 Å². The van der Waals surface area contributed by atoms with E-state index < -0.39 is 65.3 Å². The summed E-state index contributed by atoms with van der Waals surface area (Å²) < 4.78 is 179. The standard InChI is InChI=1S/C33H27F6N3O12S3/c1-20(40-52-55(2,43)44)21-5-11-24(12-6-21)49-27-17-28(50-25-13-7-22(8-14-25)30(32(34,35)36)41-53-56(3,45)46)19-29(18-27)51-26-15-9-23(10-16-26)31(33(37,38)39)42-54-57(4,47)48/h5-19H,1-4H3/b40-20-,41-30+,42-31+. The lowest BCUT2D eigenvalue weighted by Crippen LogP contribution is -2.24. The first-order valence-electron chi connectivity index (χ1n) is 15.2. The van der Waals surface area contributed by atoms with E-state index in [1.165, 1.54) is 49.4 Å². The van der Waals surface area contributed by atoms with E-state index in [0.29, 0.717) is 18.1 Å². The molecule has 24 heteroatoms. The summed E-state index contributed by atoms with van der Waals surface area (Å²) in [6.45, 7) is 1.49. The number of hydrogen-bond acceptors (Lipinski definition) is 15. The van der Waals surface area contributed by atoms with Gasteiger partial charge in [-0.3, -0.25) is 12.9 Å². The maximum atomic E-state index is 13.6. The van der Waals surface area contributed by atoms with Gasteiger partial charge in [0, 0.05) is 29.3 Å². The molecule has 4 rings (SSSR count). The molecule has 0 unspecified atom stereocenters. The summed E-state index contributed by atoms with van der Waals surface area (Å²) in [5.41, 5.74) is -3.77. The van der Waals surface area contributed by atoms with Gasteiger partial charge in [-0.2, -0.15) is 51.6 Å². The number of benzene rings is 4. The molecule has 0 N–H and O–H groups in total. The number of oxime groups is 3. The quantitative estimate of drug-likeness (QED) is 0.0661. The summed E-state index contributed by atoms with van der Waals surface area (Å²) in [6.07, 6.45) is -8.38. The van der Waals surface area contributed by atoms with Crippen LogP contribution in [0, 0.1) is 0 Å². The third kappa shape index (κ3) is 14.3. The van der Waals surface area contributed by atoms with Gasteiger partial charge >= 0.3 is 42.7 Å². The van der Waals surface area contributed by atoms with Gasteiger partial charge in [0.25, 0.3) is 0 Å². The van der Waals surface area contributed by atoms with Crippen molar-refractivity contribution in [2.24, 2.45) is 15.5 Å². The number of rotatable bonds is 15. The normalized spacial score (nSPS) is 13.5. The molecule has 0 amide bonds. The van der Waals surface area contributed by atoms with Crippen molar-refractivity contribution in [1.29, 1.82) is 0 Å². The van der Waals surface area contributed by atoms with Crippen LogP contribution in [-0.4, -0.2) is 73.5 Å². The summed E-state index contributed by atoms with van der Waals surface area (Å²) in [5, 5.41) is 9.01. The zero-order valence-corrected chi connectivity index (χ0v) is 31.8. The average Bonchev–Trinajstić information content (AvgIpc) is 3.06. The van der Waals surface area contributed by atoms with Crippen LogP contribution in [0.3, 0.4) is 0 Å². The first-order chi connectivity index (χ1) is 26.2. The highest BCUT2D eigenvalue weighted by atomic mass is 32.2. The number of halogens is 6. The zero-order valence-electron chi connectivity index (χ0n) is 29.4. The van der Waals surface area contributed by atoms with Gasteiger partial charge in [0.1, 0.15) is 34.5 Å². The molecule has 15 nitrogen and oxygen atoms in total. The second-order valence-electron chi connectivity index (χ2n) is 11.4. The second-order valence-corrected chi connectivity index (χ2v) is 16.1. The summed E-state index contributed by atoms with van der Waals surface area (Å²) in [5.74, 6) is 0.129. The molecule has 0 atom stereocenters. The van der Waals surface area contributed by atoms with Crippen molar-refractivity contribution in [1.82, 2.24) is 0 Å². The molecular weight excluding hydrogens is 841 g/mol. The Kier molecular flexibility index (Phi) is 13.1. The van der Waals surface area contributed by atoms with Gasteiger partial charge < -0.3 is 14.2 Å². The van der Waals surface area contributed by atoms with Crippen LogP contribution < -0.4 is 14.2 Å². The molecule has 57 heavy (non-hydrogen) atoms. The molecule has 4 aromatic rings. The van der Waals surface area contributed by atoms with Crippen molar-refractivity contribution in [3.8, 4) is 34.5 Å². The van der Waals surface area contributed by atoms with Crippen LogP contribution in [0.5, 0.6) is 34.5 Å². The molecule has 0 saturated carbocycles. The predicted octanol–water partition coefficient (Wildman–Crippen LogP) is 7.25. The van der Waals surface area contributed by atoms with Crippen molar-refractivity contribution in [2.45, 2.75) is 19.3 Å². The molecular formula is C33H27F6N3O12S3. The lowest BCUT2D eigenvalue weighted by Gasteiger charge is -2.14. The van der Waals surface area contributed by atoms with Crippen LogP contribution in [0.2, 0.25) is 0 Å². The minimum absolute atomic E-state index is 0.0288. The molecule has 0 fully saturated rings. The first kappa shape index (κ1) is 43.8. The fourth-order valence-corrected chi connectivity index (χ4v) is 4.85. The number of nitrogens with zero attached hydrogens (tertiary/aromatic N) is 3. The molecule has 306 valence electrons. The maximum absolute atomic E-state index is 13.6. The van der Waals surface area contributed by atoms with E-state index in [0.717, 1.165) is 54.8 Å². The highest BCUT2D eigenvalue weighted by Crippen LogP contribution is 2.36. The Labute approximate surface area is 321 Å². The van der Waals surface area contributed by atoms with Crippen molar-refractivity contribution in [2.75, 3.05) is 18.8 Å². The summed E-state index contributed by atoms with van der Waals surface area (Å²) in [6, 6.07) is 18.2. The van der Waals surface area contributed by atoms with E-state index in [1.54, 1.807) is 0 Å².